The van der Waals surface area contributed by atoms with E-state index >= 15 is 0 Å². The lowest BCUT2D eigenvalue weighted by molar-refractivity contribution is -0.241. The first-order valence-corrected chi connectivity index (χ1v) is 8.90. The molecule has 3 rings (SSSR count). The molecule has 1 N–H and O–H groups in total. The van der Waals surface area contributed by atoms with Gasteiger partial charge in [0.2, 0.25) is 0 Å². The number of methoxy groups -OCH3 is 1. The van der Waals surface area contributed by atoms with Gasteiger partial charge in [-0.3, -0.25) is 4.79 Å². The van der Waals surface area contributed by atoms with Crippen LogP contribution in [-0.2, 0) is 20.8 Å². The number of ether oxygens (including phenoxy) is 1. The second-order valence-electron chi connectivity index (χ2n) is 7.06. The van der Waals surface area contributed by atoms with Crippen molar-refractivity contribution in [3.8, 4) is 0 Å². The highest BCUT2D eigenvalue weighted by atomic mass is 16.8. The third-order valence-corrected chi connectivity index (χ3v) is 5.02. The molecule has 0 saturated carbocycles. The zero-order valence-electron chi connectivity index (χ0n) is 16.2. The van der Waals surface area contributed by atoms with Crippen LogP contribution < -0.4 is 0 Å². The fourth-order valence-electron chi connectivity index (χ4n) is 3.68. The summed E-state index contributed by atoms with van der Waals surface area (Å²) in [5.74, 6) is -0.342. The molecule has 5 nitrogen and oxygen atoms in total. The van der Waals surface area contributed by atoms with E-state index in [1.54, 1.807) is 0 Å². The topological polar surface area (TPSA) is 59.0 Å². The van der Waals surface area contributed by atoms with Gasteiger partial charge in [0, 0.05) is 13.5 Å². The fourth-order valence-corrected chi connectivity index (χ4v) is 3.68. The van der Waals surface area contributed by atoms with Crippen LogP contribution in [0, 0.1) is 13.8 Å². The third-order valence-electron chi connectivity index (χ3n) is 5.02. The van der Waals surface area contributed by atoms with Crippen molar-refractivity contribution in [3.63, 3.8) is 0 Å². The molecule has 142 valence electrons. The molecule has 1 aliphatic rings. The summed E-state index contributed by atoms with van der Waals surface area (Å²) in [5.41, 5.74) is 2.87. The van der Waals surface area contributed by atoms with Crippen molar-refractivity contribution in [2.24, 2.45) is 0 Å². The van der Waals surface area contributed by atoms with Gasteiger partial charge >= 0.3 is 0 Å². The highest BCUT2D eigenvalue weighted by molar-refractivity contribution is 6.23. The molecule has 0 radical (unpaired) electrons. The Morgan fingerprint density at radius 2 is 1.67 bits per heavy atom. The van der Waals surface area contributed by atoms with Gasteiger partial charge in [0.25, 0.3) is 5.91 Å². The zero-order valence-corrected chi connectivity index (χ0v) is 16.2. The minimum atomic E-state index is -1.03. The van der Waals surface area contributed by atoms with Crippen molar-refractivity contribution in [3.05, 3.63) is 76.5 Å². The molecule has 0 spiro atoms. The molecule has 0 aliphatic carbocycles. The first-order valence-electron chi connectivity index (χ1n) is 8.90. The SMILES string of the molecule is COCON1C(=O)C(c2c(C)cccc2C)=C(O)C1(C)Cc1ccccc1. The quantitative estimate of drug-likeness (QED) is 0.786. The Hall–Kier alpha value is -2.63. The molecule has 2 aromatic carbocycles. The number of hydrogen-bond donors (Lipinski definition) is 1. The molecule has 0 bridgehead atoms. The summed E-state index contributed by atoms with van der Waals surface area (Å²) in [4.78, 5) is 18.9. The van der Waals surface area contributed by atoms with Crippen LogP contribution in [0.1, 0.15) is 29.2 Å². The van der Waals surface area contributed by atoms with Crippen molar-refractivity contribution in [2.45, 2.75) is 32.7 Å². The van der Waals surface area contributed by atoms with Crippen LogP contribution >= 0.6 is 0 Å². The van der Waals surface area contributed by atoms with E-state index in [2.05, 4.69) is 0 Å². The Morgan fingerprint density at radius 1 is 1.04 bits per heavy atom. The second kappa shape index (κ2) is 7.55. The van der Waals surface area contributed by atoms with Crippen molar-refractivity contribution in [1.29, 1.82) is 0 Å². The highest BCUT2D eigenvalue weighted by Crippen LogP contribution is 2.42. The predicted molar refractivity (Wildman–Crippen MR) is 104 cm³/mol. The summed E-state index contributed by atoms with van der Waals surface area (Å²) < 4.78 is 5.00. The van der Waals surface area contributed by atoms with E-state index in [0.29, 0.717) is 12.0 Å². The van der Waals surface area contributed by atoms with Gasteiger partial charge < -0.3 is 9.84 Å². The number of aryl methyl sites for hydroxylation is 2. The minimum Gasteiger partial charge on any atom is -0.509 e. The smallest absolute Gasteiger partial charge is 0.282 e. The van der Waals surface area contributed by atoms with E-state index in [9.17, 15) is 9.90 Å². The van der Waals surface area contributed by atoms with E-state index < -0.39 is 5.54 Å². The van der Waals surface area contributed by atoms with Gasteiger partial charge in [-0.1, -0.05) is 48.5 Å². The van der Waals surface area contributed by atoms with Crippen LogP contribution in [0.25, 0.3) is 5.57 Å². The third kappa shape index (κ3) is 3.36. The van der Waals surface area contributed by atoms with Crippen LogP contribution in [-0.4, -0.2) is 35.5 Å². The summed E-state index contributed by atoms with van der Waals surface area (Å²) in [6.07, 6.45) is 0.420. The maximum absolute atomic E-state index is 13.3. The Balaban J connectivity index is 2.13. The maximum Gasteiger partial charge on any atom is 0.282 e. The molecule has 1 atom stereocenters. The van der Waals surface area contributed by atoms with Crippen molar-refractivity contribution < 1.29 is 19.5 Å². The van der Waals surface area contributed by atoms with Gasteiger partial charge in [-0.2, -0.15) is 0 Å². The Kier molecular flexibility index (Phi) is 5.35. The lowest BCUT2D eigenvalue weighted by Crippen LogP contribution is -2.48. The molecule has 0 fully saturated rings. The van der Waals surface area contributed by atoms with Crippen LogP contribution in [0.15, 0.2) is 54.3 Å². The van der Waals surface area contributed by atoms with Gasteiger partial charge in [0.05, 0.1) is 5.57 Å². The van der Waals surface area contributed by atoms with Crippen molar-refractivity contribution >= 4 is 11.5 Å². The first kappa shape index (κ1) is 19.1. The number of aliphatic hydroxyl groups is 1. The van der Waals surface area contributed by atoms with Crippen LogP contribution in [0.3, 0.4) is 0 Å². The molecule has 5 heteroatoms. The number of carbonyl (C=O) groups excluding carboxylic acids is 1. The van der Waals surface area contributed by atoms with Crippen LogP contribution in [0.2, 0.25) is 0 Å². The minimum absolute atomic E-state index is 0.0184. The molecule has 0 aromatic heterocycles. The molecule has 1 aliphatic heterocycles. The molecule has 27 heavy (non-hydrogen) atoms. The number of aliphatic hydroxyl groups excluding tert-OH is 1. The van der Waals surface area contributed by atoms with E-state index in [1.165, 1.54) is 12.2 Å². The van der Waals surface area contributed by atoms with Crippen molar-refractivity contribution in [1.82, 2.24) is 5.06 Å². The number of hydrogen-bond acceptors (Lipinski definition) is 4. The van der Waals surface area contributed by atoms with Gasteiger partial charge in [-0.05, 0) is 43.0 Å². The van der Waals surface area contributed by atoms with Gasteiger partial charge in [-0.25, -0.2) is 9.90 Å². The molecule has 1 amide bonds. The lowest BCUT2D eigenvalue weighted by Gasteiger charge is -2.34. The van der Waals surface area contributed by atoms with E-state index in [0.717, 1.165) is 22.3 Å². The fraction of sp³-hybridized carbons (Fsp3) is 0.318. The Bertz CT molecular complexity index is 855. The maximum atomic E-state index is 13.3. The van der Waals surface area contributed by atoms with E-state index in [1.807, 2.05) is 69.3 Å². The number of amides is 1. The zero-order chi connectivity index (χ0) is 19.6. The molecular weight excluding hydrogens is 342 g/mol. The summed E-state index contributed by atoms with van der Waals surface area (Å²) in [6, 6.07) is 15.5. The summed E-state index contributed by atoms with van der Waals surface area (Å²) in [5, 5.41) is 12.5. The Morgan fingerprint density at radius 3 is 2.26 bits per heavy atom. The predicted octanol–water partition coefficient (Wildman–Crippen LogP) is 3.95. The first-order chi connectivity index (χ1) is 12.9. The monoisotopic (exact) mass is 367 g/mol. The van der Waals surface area contributed by atoms with Crippen LogP contribution in [0.5, 0.6) is 0 Å². The second-order valence-corrected chi connectivity index (χ2v) is 7.06. The van der Waals surface area contributed by atoms with Gasteiger partial charge in [-0.15, -0.1) is 0 Å². The largest absolute Gasteiger partial charge is 0.509 e. The average Bonchev–Trinajstić information content (AvgIpc) is 2.81. The standard InChI is InChI=1S/C22H25NO4/c1-15-9-8-10-16(2)18(15)19-20(24)22(3,13-17-11-6-5-7-12-17)23(21(19)25)27-14-26-4/h5-12,24H,13-14H2,1-4H3. The van der Waals surface area contributed by atoms with E-state index in [-0.39, 0.29) is 18.5 Å². The number of benzene rings is 2. The number of nitrogens with zero attached hydrogens (tertiary/aromatic N) is 1. The van der Waals surface area contributed by atoms with Gasteiger partial charge in [0.1, 0.15) is 11.3 Å². The summed E-state index contributed by atoms with van der Waals surface area (Å²) in [6.45, 7) is 5.60. The molecule has 1 heterocycles. The van der Waals surface area contributed by atoms with E-state index in [4.69, 9.17) is 9.57 Å². The van der Waals surface area contributed by atoms with Crippen molar-refractivity contribution in [2.75, 3.05) is 13.9 Å². The van der Waals surface area contributed by atoms with Crippen LogP contribution in [0.4, 0.5) is 0 Å². The molecule has 1 unspecified atom stereocenters. The average molecular weight is 367 g/mol. The normalized spacial score (nSPS) is 19.9. The number of carbonyl (C=O) groups is 1. The summed E-state index contributed by atoms with van der Waals surface area (Å²) in [7, 11) is 1.49. The highest BCUT2D eigenvalue weighted by Gasteiger charge is 2.51. The molecule has 0 saturated heterocycles. The number of hydroxylamine groups is 2. The Labute approximate surface area is 159 Å². The number of rotatable bonds is 6. The molecular formula is C22H25NO4. The van der Waals surface area contributed by atoms with Gasteiger partial charge in [0.15, 0.2) is 6.79 Å². The molecule has 2 aromatic rings. The summed E-state index contributed by atoms with van der Waals surface area (Å²) >= 11 is 0. The lowest BCUT2D eigenvalue weighted by atomic mass is 9.88.